The third-order valence-electron chi connectivity index (χ3n) is 3.29. The number of carboxylic acids is 1. The summed E-state index contributed by atoms with van der Waals surface area (Å²) in [7, 11) is 3.94. The van der Waals surface area contributed by atoms with Gasteiger partial charge in [-0.15, -0.1) is 0 Å². The summed E-state index contributed by atoms with van der Waals surface area (Å²) < 4.78 is 1.87. The first-order valence-corrected chi connectivity index (χ1v) is 7.59. The molecule has 1 aromatic heterocycles. The van der Waals surface area contributed by atoms with Gasteiger partial charge in [-0.3, -0.25) is 14.4 Å². The average molecular weight is 317 g/mol. The molecule has 120 valence electrons. The molecule has 0 aliphatic heterocycles. The van der Waals surface area contributed by atoms with Crippen molar-refractivity contribution in [2.24, 2.45) is 0 Å². The fourth-order valence-corrected chi connectivity index (χ4v) is 2.46. The summed E-state index contributed by atoms with van der Waals surface area (Å²) in [5.41, 5.74) is 1.77. The molecule has 0 bridgehead atoms. The van der Waals surface area contributed by atoms with Gasteiger partial charge < -0.3 is 10.0 Å². The first-order chi connectivity index (χ1) is 9.88. The maximum absolute atomic E-state index is 11.0. The lowest BCUT2D eigenvalue weighted by molar-refractivity contribution is -0.138. The molecule has 0 radical (unpaired) electrons. The van der Waals surface area contributed by atoms with Crippen LogP contribution in [0.3, 0.4) is 0 Å². The number of aromatic nitrogens is 2. The molecule has 21 heavy (non-hydrogen) atoms. The molecule has 0 atom stereocenters. The molecule has 0 saturated heterocycles. The maximum Gasteiger partial charge on any atom is 0.317 e. The molecular weight excluding hydrogens is 292 g/mol. The molecule has 0 fully saturated rings. The van der Waals surface area contributed by atoms with Gasteiger partial charge in [-0.25, -0.2) is 0 Å². The van der Waals surface area contributed by atoms with Gasteiger partial charge in [0.25, 0.3) is 0 Å². The number of hydrogen-bond donors (Lipinski definition) is 1. The molecule has 0 amide bonds. The van der Waals surface area contributed by atoms with Crippen molar-refractivity contribution in [1.29, 1.82) is 0 Å². The summed E-state index contributed by atoms with van der Waals surface area (Å²) in [5, 5.41) is 14.2. The number of carboxylic acid groups (broad SMARTS) is 1. The number of rotatable bonds is 9. The highest BCUT2D eigenvalue weighted by molar-refractivity contribution is 6.31. The van der Waals surface area contributed by atoms with Crippen molar-refractivity contribution in [3.8, 4) is 0 Å². The van der Waals surface area contributed by atoms with Gasteiger partial charge in [0.1, 0.15) is 0 Å². The van der Waals surface area contributed by atoms with Gasteiger partial charge in [0.2, 0.25) is 0 Å². The monoisotopic (exact) mass is 316 g/mol. The average Bonchev–Trinajstić information content (AvgIpc) is 2.72. The van der Waals surface area contributed by atoms with Crippen LogP contribution in [0.2, 0.25) is 5.02 Å². The van der Waals surface area contributed by atoms with E-state index in [4.69, 9.17) is 16.7 Å². The second kappa shape index (κ2) is 8.36. The standard InChI is InChI=1S/C14H25ClN4O2/c1-5-11-14(15)12(19(6-2)16-11)9-18(10-13(20)21)8-7-17(3)4/h5-10H2,1-4H3,(H,20,21). The van der Waals surface area contributed by atoms with Gasteiger partial charge in [-0.2, -0.15) is 5.10 Å². The minimum atomic E-state index is -0.830. The summed E-state index contributed by atoms with van der Waals surface area (Å²) in [5.74, 6) is -0.830. The van der Waals surface area contributed by atoms with Crippen LogP contribution in [-0.4, -0.2) is 64.4 Å². The Hall–Kier alpha value is -1.11. The van der Waals surface area contributed by atoms with Crippen LogP contribution >= 0.6 is 11.6 Å². The minimum Gasteiger partial charge on any atom is -0.480 e. The third-order valence-corrected chi connectivity index (χ3v) is 3.73. The molecule has 6 nitrogen and oxygen atoms in total. The van der Waals surface area contributed by atoms with Crippen LogP contribution in [0.15, 0.2) is 0 Å². The van der Waals surface area contributed by atoms with Gasteiger partial charge in [-0.05, 0) is 27.4 Å². The molecule has 0 unspecified atom stereocenters. The first-order valence-electron chi connectivity index (χ1n) is 7.21. The van der Waals surface area contributed by atoms with Crippen molar-refractivity contribution in [2.45, 2.75) is 33.4 Å². The van der Waals surface area contributed by atoms with Crippen LogP contribution in [-0.2, 0) is 24.3 Å². The second-order valence-corrected chi connectivity index (χ2v) is 5.66. The first kappa shape index (κ1) is 17.9. The van der Waals surface area contributed by atoms with Crippen molar-refractivity contribution >= 4 is 17.6 Å². The Balaban J connectivity index is 2.90. The number of nitrogens with zero attached hydrogens (tertiary/aromatic N) is 4. The summed E-state index contributed by atoms with van der Waals surface area (Å²) >= 11 is 6.38. The van der Waals surface area contributed by atoms with Crippen molar-refractivity contribution in [1.82, 2.24) is 19.6 Å². The highest BCUT2D eigenvalue weighted by Crippen LogP contribution is 2.23. The molecule has 1 heterocycles. The van der Waals surface area contributed by atoms with Gasteiger partial charge >= 0.3 is 5.97 Å². The zero-order valence-electron chi connectivity index (χ0n) is 13.3. The van der Waals surface area contributed by atoms with Crippen LogP contribution in [0.1, 0.15) is 25.2 Å². The Morgan fingerprint density at radius 2 is 2.00 bits per heavy atom. The number of hydrogen-bond acceptors (Lipinski definition) is 4. The largest absolute Gasteiger partial charge is 0.480 e. The Kier molecular flexibility index (Phi) is 7.14. The van der Waals surface area contributed by atoms with Crippen molar-refractivity contribution in [2.75, 3.05) is 33.7 Å². The quantitative estimate of drug-likeness (QED) is 0.749. The lowest BCUT2D eigenvalue weighted by Gasteiger charge is -2.22. The fraction of sp³-hybridized carbons (Fsp3) is 0.714. The molecule has 0 saturated carbocycles. The lowest BCUT2D eigenvalue weighted by Crippen LogP contribution is -2.35. The predicted octanol–water partition coefficient (Wildman–Crippen LogP) is 1.57. The molecule has 1 rings (SSSR count). The molecule has 0 aliphatic rings. The maximum atomic E-state index is 11.0. The van der Waals surface area contributed by atoms with E-state index in [1.54, 1.807) is 0 Å². The van der Waals surface area contributed by atoms with Crippen molar-refractivity contribution < 1.29 is 9.90 Å². The lowest BCUT2D eigenvalue weighted by atomic mass is 10.2. The molecule has 7 heteroatoms. The van der Waals surface area contributed by atoms with E-state index in [9.17, 15) is 4.79 Å². The summed E-state index contributed by atoms with van der Waals surface area (Å²) in [6.07, 6.45) is 0.773. The van der Waals surface area contributed by atoms with E-state index < -0.39 is 5.97 Å². The van der Waals surface area contributed by atoms with E-state index in [0.717, 1.165) is 30.9 Å². The summed E-state index contributed by atoms with van der Waals surface area (Å²) in [4.78, 5) is 15.0. The van der Waals surface area contributed by atoms with Crippen LogP contribution in [0.4, 0.5) is 0 Å². The zero-order valence-corrected chi connectivity index (χ0v) is 14.0. The van der Waals surface area contributed by atoms with Crippen molar-refractivity contribution in [3.63, 3.8) is 0 Å². The molecule has 1 N–H and O–H groups in total. The second-order valence-electron chi connectivity index (χ2n) is 5.28. The third kappa shape index (κ3) is 5.30. The predicted molar refractivity (Wildman–Crippen MR) is 83.8 cm³/mol. The summed E-state index contributed by atoms with van der Waals surface area (Å²) in [6, 6.07) is 0. The molecule has 0 aliphatic carbocycles. The highest BCUT2D eigenvalue weighted by atomic mass is 35.5. The van der Waals surface area contributed by atoms with E-state index in [1.807, 2.05) is 42.4 Å². The fourth-order valence-electron chi connectivity index (χ4n) is 2.13. The Labute approximate surface area is 131 Å². The van der Waals surface area contributed by atoms with Gasteiger partial charge in [0, 0.05) is 26.2 Å². The molecule has 0 aromatic carbocycles. The Morgan fingerprint density at radius 1 is 1.33 bits per heavy atom. The minimum absolute atomic E-state index is 0.000517. The SMILES string of the molecule is CCc1nn(CC)c(CN(CCN(C)C)CC(=O)O)c1Cl. The van der Waals surface area contributed by atoms with Crippen LogP contribution in [0, 0.1) is 0 Å². The number of carbonyl (C=O) groups is 1. The smallest absolute Gasteiger partial charge is 0.317 e. The van der Waals surface area contributed by atoms with Gasteiger partial charge in [0.05, 0.1) is 23.0 Å². The molecular formula is C14H25ClN4O2. The van der Waals surface area contributed by atoms with Gasteiger partial charge in [0.15, 0.2) is 0 Å². The van der Waals surface area contributed by atoms with E-state index >= 15 is 0 Å². The topological polar surface area (TPSA) is 61.6 Å². The number of aryl methyl sites for hydroxylation is 2. The van der Waals surface area contributed by atoms with E-state index in [1.165, 1.54) is 0 Å². The highest BCUT2D eigenvalue weighted by Gasteiger charge is 2.19. The molecule has 1 aromatic rings. The van der Waals surface area contributed by atoms with E-state index in [0.29, 0.717) is 18.1 Å². The summed E-state index contributed by atoms with van der Waals surface area (Å²) in [6.45, 7) is 6.72. The zero-order chi connectivity index (χ0) is 16.0. The van der Waals surface area contributed by atoms with E-state index in [-0.39, 0.29) is 6.54 Å². The number of likely N-dealkylation sites (N-methyl/N-ethyl adjacent to an activating group) is 1. The van der Waals surface area contributed by atoms with Crippen LogP contribution in [0.25, 0.3) is 0 Å². The van der Waals surface area contributed by atoms with Crippen molar-refractivity contribution in [3.05, 3.63) is 16.4 Å². The number of aliphatic carboxylic acids is 1. The Bertz CT molecular complexity index is 474. The molecule has 0 spiro atoms. The van der Waals surface area contributed by atoms with Gasteiger partial charge in [-0.1, -0.05) is 18.5 Å². The van der Waals surface area contributed by atoms with Crippen LogP contribution in [0.5, 0.6) is 0 Å². The van der Waals surface area contributed by atoms with E-state index in [2.05, 4.69) is 5.10 Å². The van der Waals surface area contributed by atoms with Crippen LogP contribution < -0.4 is 0 Å². The Morgan fingerprint density at radius 3 is 2.48 bits per heavy atom. The normalized spacial score (nSPS) is 11.6. The number of halogens is 1.